The molecule has 2 fully saturated rings. The molecule has 0 aliphatic heterocycles. The van der Waals surface area contributed by atoms with E-state index in [1.807, 2.05) is 0 Å². The van der Waals surface area contributed by atoms with Crippen molar-refractivity contribution in [2.45, 2.75) is 39.2 Å². The maximum Gasteiger partial charge on any atom is 0.0602 e. The first-order chi connectivity index (χ1) is 5.54. The fourth-order valence-corrected chi connectivity index (χ4v) is 3.31. The average Bonchev–Trinajstić information content (AvgIpc) is 2.39. The van der Waals surface area contributed by atoms with Crippen molar-refractivity contribution in [3.63, 3.8) is 0 Å². The molecule has 2 rings (SSSR count). The molecular formula is C10H18O2. The molecule has 70 valence electrons. The maximum absolute atomic E-state index is 9.83. The zero-order chi connectivity index (χ0) is 8.98. The van der Waals surface area contributed by atoms with E-state index in [0.29, 0.717) is 5.92 Å². The lowest BCUT2D eigenvalue weighted by Gasteiger charge is -2.38. The molecule has 2 heteroatoms. The van der Waals surface area contributed by atoms with Crippen molar-refractivity contribution in [1.82, 2.24) is 0 Å². The van der Waals surface area contributed by atoms with E-state index in [0.717, 1.165) is 12.8 Å². The molecule has 2 saturated carbocycles. The number of aliphatic hydroxyl groups is 2. The largest absolute Gasteiger partial charge is 0.396 e. The van der Waals surface area contributed by atoms with Gasteiger partial charge in [-0.05, 0) is 25.2 Å². The summed E-state index contributed by atoms with van der Waals surface area (Å²) in [5.74, 6) is 0.544. The van der Waals surface area contributed by atoms with Crippen molar-refractivity contribution >= 4 is 0 Å². The Labute approximate surface area is 73.6 Å². The van der Waals surface area contributed by atoms with Crippen LogP contribution in [0.3, 0.4) is 0 Å². The van der Waals surface area contributed by atoms with Crippen LogP contribution in [0.1, 0.15) is 33.1 Å². The second-order valence-corrected chi connectivity index (χ2v) is 4.98. The number of rotatable bonds is 1. The van der Waals surface area contributed by atoms with Crippen LogP contribution in [0.4, 0.5) is 0 Å². The number of hydrogen-bond donors (Lipinski definition) is 2. The number of hydrogen-bond acceptors (Lipinski definition) is 2. The van der Waals surface area contributed by atoms with Crippen molar-refractivity contribution in [1.29, 1.82) is 0 Å². The highest BCUT2D eigenvalue weighted by Crippen LogP contribution is 2.65. The molecular weight excluding hydrogens is 152 g/mol. The molecule has 0 aromatic rings. The van der Waals surface area contributed by atoms with Gasteiger partial charge < -0.3 is 10.2 Å². The third-order valence-corrected chi connectivity index (χ3v) is 4.79. The molecule has 0 amide bonds. The fourth-order valence-electron chi connectivity index (χ4n) is 3.31. The molecule has 0 aromatic heterocycles. The summed E-state index contributed by atoms with van der Waals surface area (Å²) in [6.07, 6.45) is 2.97. The Balaban J connectivity index is 2.38. The summed E-state index contributed by atoms with van der Waals surface area (Å²) >= 11 is 0. The van der Waals surface area contributed by atoms with Crippen molar-refractivity contribution in [3.8, 4) is 0 Å². The van der Waals surface area contributed by atoms with E-state index in [9.17, 15) is 10.2 Å². The van der Waals surface area contributed by atoms with Crippen molar-refractivity contribution in [3.05, 3.63) is 0 Å². The number of aliphatic hydroxyl groups excluding tert-OH is 2. The van der Waals surface area contributed by atoms with E-state index < -0.39 is 0 Å². The minimum atomic E-state index is -0.187. The second kappa shape index (κ2) is 2.24. The summed E-state index contributed by atoms with van der Waals surface area (Å²) in [6, 6.07) is 0. The molecule has 0 saturated heterocycles. The molecule has 0 unspecified atom stereocenters. The Morgan fingerprint density at radius 2 is 2.08 bits per heavy atom. The van der Waals surface area contributed by atoms with E-state index in [-0.39, 0.29) is 23.5 Å². The van der Waals surface area contributed by atoms with Gasteiger partial charge in [0.1, 0.15) is 0 Å². The van der Waals surface area contributed by atoms with Crippen LogP contribution in [-0.2, 0) is 0 Å². The highest BCUT2D eigenvalue weighted by atomic mass is 16.3. The van der Waals surface area contributed by atoms with Gasteiger partial charge in [-0.1, -0.05) is 13.8 Å². The van der Waals surface area contributed by atoms with E-state index in [2.05, 4.69) is 13.8 Å². The minimum absolute atomic E-state index is 0.0214. The van der Waals surface area contributed by atoms with Crippen LogP contribution in [0, 0.1) is 16.7 Å². The zero-order valence-corrected chi connectivity index (χ0v) is 7.88. The molecule has 0 heterocycles. The van der Waals surface area contributed by atoms with E-state index in [4.69, 9.17) is 0 Å². The third kappa shape index (κ3) is 0.686. The smallest absolute Gasteiger partial charge is 0.0602 e. The normalized spacial score (nSPS) is 58.0. The van der Waals surface area contributed by atoms with Gasteiger partial charge in [-0.3, -0.25) is 0 Å². The molecule has 2 bridgehead atoms. The highest BCUT2D eigenvalue weighted by Gasteiger charge is 2.63. The van der Waals surface area contributed by atoms with Crippen molar-refractivity contribution in [2.75, 3.05) is 6.61 Å². The topological polar surface area (TPSA) is 40.5 Å². The Kier molecular flexibility index (Phi) is 1.59. The molecule has 4 atom stereocenters. The van der Waals surface area contributed by atoms with Gasteiger partial charge in [-0.2, -0.15) is 0 Å². The molecule has 0 spiro atoms. The first kappa shape index (κ1) is 8.52. The molecule has 12 heavy (non-hydrogen) atoms. The summed E-state index contributed by atoms with van der Waals surface area (Å²) in [4.78, 5) is 0. The molecule has 2 nitrogen and oxygen atoms in total. The predicted octanol–water partition coefficient (Wildman–Crippen LogP) is 1.17. The molecule has 0 aromatic carbocycles. The van der Waals surface area contributed by atoms with Crippen LogP contribution in [0.15, 0.2) is 0 Å². The van der Waals surface area contributed by atoms with Gasteiger partial charge in [0.15, 0.2) is 0 Å². The summed E-state index contributed by atoms with van der Waals surface area (Å²) < 4.78 is 0. The van der Waals surface area contributed by atoms with Gasteiger partial charge in [0.25, 0.3) is 0 Å². The van der Waals surface area contributed by atoms with E-state index >= 15 is 0 Å². The number of fused-ring (bicyclic) bond motifs is 2. The Morgan fingerprint density at radius 3 is 2.33 bits per heavy atom. The van der Waals surface area contributed by atoms with Crippen LogP contribution in [0.2, 0.25) is 0 Å². The van der Waals surface area contributed by atoms with E-state index in [1.54, 1.807) is 0 Å². The standard InChI is InChI=1S/C10H18O2/c1-9-4-3-7(5-8(9)12)10(9,2)6-11/h7-8,11-12H,3-6H2,1-2H3/t7-,8+,9+,10+/m0/s1. The molecule has 0 radical (unpaired) electrons. The first-order valence-electron chi connectivity index (χ1n) is 4.83. The lowest BCUT2D eigenvalue weighted by atomic mass is 9.69. The minimum Gasteiger partial charge on any atom is -0.396 e. The average molecular weight is 170 g/mol. The van der Waals surface area contributed by atoms with Gasteiger partial charge >= 0.3 is 0 Å². The Bertz CT molecular complexity index is 202. The summed E-state index contributed by atoms with van der Waals surface area (Å²) in [6.45, 7) is 4.48. The lowest BCUT2D eigenvalue weighted by molar-refractivity contribution is -0.0213. The van der Waals surface area contributed by atoms with Crippen LogP contribution in [0.25, 0.3) is 0 Å². The van der Waals surface area contributed by atoms with Crippen LogP contribution in [0.5, 0.6) is 0 Å². The van der Waals surface area contributed by atoms with Crippen LogP contribution >= 0.6 is 0 Å². The summed E-state index contributed by atoms with van der Waals surface area (Å²) in [5, 5.41) is 19.2. The summed E-state index contributed by atoms with van der Waals surface area (Å²) in [7, 11) is 0. The maximum atomic E-state index is 9.83. The van der Waals surface area contributed by atoms with Gasteiger partial charge in [0, 0.05) is 17.4 Å². The predicted molar refractivity (Wildman–Crippen MR) is 46.6 cm³/mol. The second-order valence-electron chi connectivity index (χ2n) is 4.98. The highest BCUT2D eigenvalue weighted by molar-refractivity contribution is 5.12. The first-order valence-corrected chi connectivity index (χ1v) is 4.83. The van der Waals surface area contributed by atoms with Gasteiger partial charge in [0.2, 0.25) is 0 Å². The quantitative estimate of drug-likeness (QED) is 0.620. The SMILES string of the molecule is C[C@@]1(CO)[C@H]2CC[C@]1(C)[C@H](O)C2. The lowest BCUT2D eigenvalue weighted by Crippen LogP contribution is -2.39. The van der Waals surface area contributed by atoms with Gasteiger partial charge in [-0.15, -0.1) is 0 Å². The van der Waals surface area contributed by atoms with Gasteiger partial charge in [0.05, 0.1) is 6.10 Å². The zero-order valence-electron chi connectivity index (χ0n) is 7.88. The van der Waals surface area contributed by atoms with Crippen molar-refractivity contribution in [2.24, 2.45) is 16.7 Å². The van der Waals surface area contributed by atoms with Crippen molar-refractivity contribution < 1.29 is 10.2 Å². The molecule has 2 N–H and O–H groups in total. The third-order valence-electron chi connectivity index (χ3n) is 4.79. The van der Waals surface area contributed by atoms with Crippen LogP contribution < -0.4 is 0 Å². The van der Waals surface area contributed by atoms with E-state index in [1.165, 1.54) is 6.42 Å². The Hall–Kier alpha value is -0.0800. The monoisotopic (exact) mass is 170 g/mol. The molecule has 2 aliphatic rings. The van der Waals surface area contributed by atoms with Crippen LogP contribution in [-0.4, -0.2) is 22.9 Å². The molecule has 2 aliphatic carbocycles. The summed E-state index contributed by atoms with van der Waals surface area (Å²) in [5.41, 5.74) is -0.0428. The fraction of sp³-hybridized carbons (Fsp3) is 1.00. The van der Waals surface area contributed by atoms with Gasteiger partial charge in [-0.25, -0.2) is 0 Å². The Morgan fingerprint density at radius 1 is 1.42 bits per heavy atom.